The van der Waals surface area contributed by atoms with Gasteiger partial charge in [-0.05, 0) is 26.0 Å². The summed E-state index contributed by atoms with van der Waals surface area (Å²) in [7, 11) is 1.79. The largest absolute Gasteiger partial charge is 0.326 e. The van der Waals surface area contributed by atoms with E-state index < -0.39 is 0 Å². The molecule has 0 radical (unpaired) electrons. The Labute approximate surface area is 136 Å². The monoisotopic (exact) mass is 306 g/mol. The Morgan fingerprint density at radius 1 is 1.30 bits per heavy atom. The molecule has 1 fully saturated rings. The van der Waals surface area contributed by atoms with E-state index >= 15 is 0 Å². The minimum atomic E-state index is -0.257. The lowest BCUT2D eigenvalue weighted by molar-refractivity contribution is 0.198. The Hall–Kier alpha value is -2.87. The number of pyridine rings is 2. The third-order valence-corrected chi connectivity index (χ3v) is 4.24. The number of urea groups is 1. The molecule has 0 N–H and O–H groups in total. The molecule has 23 heavy (non-hydrogen) atoms. The first-order valence-corrected chi connectivity index (χ1v) is 7.36. The third-order valence-electron chi connectivity index (χ3n) is 4.24. The number of hydrogen-bond donors (Lipinski definition) is 0. The lowest BCUT2D eigenvalue weighted by Gasteiger charge is -2.24. The molecule has 1 saturated heterocycles. The molecule has 2 aromatic heterocycles. The van der Waals surface area contributed by atoms with Crippen molar-refractivity contribution in [3.8, 4) is 23.5 Å². The Morgan fingerprint density at radius 3 is 2.65 bits per heavy atom. The first-order chi connectivity index (χ1) is 10.9. The number of amides is 2. The van der Waals surface area contributed by atoms with Gasteiger partial charge in [0.1, 0.15) is 0 Å². The summed E-state index contributed by atoms with van der Waals surface area (Å²) in [6, 6.07) is 5.59. The number of hydrogen-bond acceptors (Lipinski definition) is 3. The van der Waals surface area contributed by atoms with Crippen LogP contribution in [0.3, 0.4) is 0 Å². The van der Waals surface area contributed by atoms with Crippen molar-refractivity contribution in [2.45, 2.75) is 19.4 Å². The van der Waals surface area contributed by atoms with Crippen LogP contribution in [0.2, 0.25) is 0 Å². The second-order valence-electron chi connectivity index (χ2n) is 6.22. The third kappa shape index (κ3) is 2.53. The predicted octanol–water partition coefficient (Wildman–Crippen LogP) is 2.78. The average Bonchev–Trinajstić information content (AvgIpc) is 2.78. The molecule has 0 bridgehead atoms. The maximum absolute atomic E-state index is 12.5. The summed E-state index contributed by atoms with van der Waals surface area (Å²) in [5, 5.41) is 0. The van der Waals surface area contributed by atoms with Gasteiger partial charge in [0.25, 0.3) is 0 Å². The maximum Gasteiger partial charge on any atom is 0.326 e. The summed E-state index contributed by atoms with van der Waals surface area (Å²) in [6.45, 7) is 4.59. The molecule has 2 aromatic rings. The number of rotatable bonds is 2. The van der Waals surface area contributed by atoms with Crippen molar-refractivity contribution in [3.63, 3.8) is 0 Å². The molecule has 5 nitrogen and oxygen atoms in total. The van der Waals surface area contributed by atoms with Crippen LogP contribution >= 0.6 is 0 Å². The highest BCUT2D eigenvalue weighted by molar-refractivity contribution is 5.95. The molecule has 0 aliphatic carbocycles. The molecular weight excluding hydrogens is 288 g/mol. The van der Waals surface area contributed by atoms with Crippen molar-refractivity contribution in [3.05, 3.63) is 42.4 Å². The molecule has 116 valence electrons. The number of aromatic nitrogens is 2. The number of likely N-dealkylation sites (N-methyl/N-ethyl adjacent to an activating group) is 1. The summed E-state index contributed by atoms with van der Waals surface area (Å²) in [6.07, 6.45) is 10.9. The van der Waals surface area contributed by atoms with Gasteiger partial charge in [0, 0.05) is 36.8 Å². The zero-order valence-corrected chi connectivity index (χ0v) is 13.4. The normalized spacial score (nSPS) is 16.5. The molecule has 5 heteroatoms. The fourth-order valence-electron chi connectivity index (χ4n) is 2.64. The van der Waals surface area contributed by atoms with E-state index in [0.29, 0.717) is 17.9 Å². The average molecular weight is 306 g/mol. The molecular formula is C18H18N4O. The van der Waals surface area contributed by atoms with E-state index in [1.165, 1.54) is 0 Å². The zero-order valence-electron chi connectivity index (χ0n) is 13.4. The Balaban J connectivity index is 2.02. The molecule has 0 unspecified atom stereocenters. The minimum absolute atomic E-state index is 0.0897. The van der Waals surface area contributed by atoms with Crippen molar-refractivity contribution >= 4 is 11.8 Å². The Bertz CT molecular complexity index is 792. The van der Waals surface area contributed by atoms with Crippen LogP contribution in [0.25, 0.3) is 11.1 Å². The van der Waals surface area contributed by atoms with E-state index in [9.17, 15) is 4.79 Å². The van der Waals surface area contributed by atoms with Crippen LogP contribution in [0, 0.1) is 12.3 Å². The molecule has 3 heterocycles. The van der Waals surface area contributed by atoms with Crippen LogP contribution in [-0.4, -0.2) is 40.0 Å². The van der Waals surface area contributed by atoms with Crippen LogP contribution in [-0.2, 0) is 0 Å². The second kappa shape index (κ2) is 5.40. The number of nitrogens with zero attached hydrogens (tertiary/aromatic N) is 4. The summed E-state index contributed by atoms with van der Waals surface area (Å²) in [5.41, 5.74) is 2.17. The first-order valence-electron chi connectivity index (χ1n) is 7.36. The Kier molecular flexibility index (Phi) is 3.53. The van der Waals surface area contributed by atoms with Crippen LogP contribution in [0.1, 0.15) is 19.4 Å². The quantitative estimate of drug-likeness (QED) is 0.802. The summed E-state index contributed by atoms with van der Waals surface area (Å²) in [4.78, 5) is 24.4. The molecule has 1 aliphatic heterocycles. The number of anilines is 1. The van der Waals surface area contributed by atoms with Gasteiger partial charge in [-0.25, -0.2) is 9.78 Å². The lowest BCUT2D eigenvalue weighted by Crippen LogP contribution is -2.38. The fraction of sp³-hybridized carbons (Fsp3) is 0.278. The second-order valence-corrected chi connectivity index (χ2v) is 6.22. The van der Waals surface area contributed by atoms with E-state index in [4.69, 9.17) is 6.42 Å². The molecule has 2 amide bonds. The molecule has 0 aromatic carbocycles. The fourth-order valence-corrected chi connectivity index (χ4v) is 2.64. The molecule has 0 saturated carbocycles. The van der Waals surface area contributed by atoms with Gasteiger partial charge < -0.3 is 4.90 Å². The van der Waals surface area contributed by atoms with Crippen LogP contribution in [0.15, 0.2) is 36.8 Å². The minimum Gasteiger partial charge on any atom is -0.320 e. The van der Waals surface area contributed by atoms with Crippen molar-refractivity contribution < 1.29 is 4.79 Å². The van der Waals surface area contributed by atoms with Crippen LogP contribution in [0.4, 0.5) is 10.6 Å². The summed E-state index contributed by atoms with van der Waals surface area (Å²) in [5.74, 6) is 3.18. The molecule has 1 aliphatic rings. The van der Waals surface area contributed by atoms with E-state index in [2.05, 4.69) is 15.9 Å². The van der Waals surface area contributed by atoms with Crippen molar-refractivity contribution in [1.29, 1.82) is 0 Å². The van der Waals surface area contributed by atoms with Gasteiger partial charge in [-0.3, -0.25) is 9.88 Å². The summed E-state index contributed by atoms with van der Waals surface area (Å²) < 4.78 is 0. The number of carbonyl (C=O) groups is 1. The SMILES string of the molecule is C#Cc1cc(-c2cccnc2)cnc1N1CC(C)(C)N(C)C1=O. The first kappa shape index (κ1) is 15.0. The highest BCUT2D eigenvalue weighted by atomic mass is 16.2. The summed E-state index contributed by atoms with van der Waals surface area (Å²) >= 11 is 0. The van der Waals surface area contributed by atoms with Gasteiger partial charge in [-0.2, -0.15) is 0 Å². The smallest absolute Gasteiger partial charge is 0.320 e. The van der Waals surface area contributed by atoms with Crippen LogP contribution < -0.4 is 4.90 Å². The lowest BCUT2D eigenvalue weighted by atomic mass is 10.1. The standard InChI is InChI=1S/C18H18N4O/c1-5-13-9-15(14-7-6-8-19-10-14)11-20-16(13)22-12-18(2,3)21(4)17(22)23/h1,6-11H,12H2,2-4H3. The highest BCUT2D eigenvalue weighted by Gasteiger charge is 2.42. The molecule has 0 spiro atoms. The van der Waals surface area contributed by atoms with Gasteiger partial charge in [0.05, 0.1) is 17.6 Å². The van der Waals surface area contributed by atoms with Crippen molar-refractivity contribution in [2.75, 3.05) is 18.5 Å². The van der Waals surface area contributed by atoms with Gasteiger partial charge in [0.2, 0.25) is 0 Å². The van der Waals surface area contributed by atoms with E-state index in [1.54, 1.807) is 35.4 Å². The van der Waals surface area contributed by atoms with E-state index in [1.807, 2.05) is 32.0 Å². The van der Waals surface area contributed by atoms with Crippen molar-refractivity contribution in [1.82, 2.24) is 14.9 Å². The maximum atomic E-state index is 12.5. The van der Waals surface area contributed by atoms with Gasteiger partial charge in [-0.15, -0.1) is 6.42 Å². The highest BCUT2D eigenvalue weighted by Crippen LogP contribution is 2.31. The number of carbonyl (C=O) groups excluding carboxylic acids is 1. The number of terminal acetylenes is 1. The zero-order chi connectivity index (χ0) is 16.6. The topological polar surface area (TPSA) is 49.3 Å². The van der Waals surface area contributed by atoms with Gasteiger partial charge in [-0.1, -0.05) is 12.0 Å². The Morgan fingerprint density at radius 2 is 2.09 bits per heavy atom. The van der Waals surface area contributed by atoms with Crippen molar-refractivity contribution in [2.24, 2.45) is 0 Å². The molecule has 0 atom stereocenters. The van der Waals surface area contributed by atoms with E-state index in [-0.39, 0.29) is 11.6 Å². The van der Waals surface area contributed by atoms with Gasteiger partial charge >= 0.3 is 6.03 Å². The van der Waals surface area contributed by atoms with Crippen LogP contribution in [0.5, 0.6) is 0 Å². The van der Waals surface area contributed by atoms with Gasteiger partial charge in [0.15, 0.2) is 5.82 Å². The van der Waals surface area contributed by atoms with E-state index in [0.717, 1.165) is 11.1 Å². The predicted molar refractivity (Wildman–Crippen MR) is 90.0 cm³/mol. The molecule has 3 rings (SSSR count).